The smallest absolute Gasteiger partial charge is 0.416 e. The zero-order chi connectivity index (χ0) is 19.6. The molecule has 0 unspecified atom stereocenters. The van der Waals surface area contributed by atoms with Crippen molar-refractivity contribution in [3.05, 3.63) is 65.2 Å². The molecule has 2 aromatic carbocycles. The highest BCUT2D eigenvalue weighted by Gasteiger charge is 2.31. The number of carbonyl (C=O) groups excluding carboxylic acids is 1. The monoisotopic (exact) mass is 378 g/mol. The quantitative estimate of drug-likeness (QED) is 0.890. The molecule has 1 N–H and O–H groups in total. The summed E-state index contributed by atoms with van der Waals surface area (Å²) in [5.41, 5.74) is -0.225. The maximum atomic E-state index is 12.9. The number of carboxylic acid groups (broad SMARTS) is 1. The van der Waals surface area contributed by atoms with Crippen molar-refractivity contribution < 1.29 is 27.9 Å². The second-order valence-electron chi connectivity index (χ2n) is 6.18. The molecule has 0 saturated carbocycles. The summed E-state index contributed by atoms with van der Waals surface area (Å²) in [6, 6.07) is 11.1. The van der Waals surface area contributed by atoms with E-state index >= 15 is 0 Å². The molecule has 1 aliphatic rings. The van der Waals surface area contributed by atoms with Gasteiger partial charge in [0, 0.05) is 31.9 Å². The number of nitrogens with zero attached hydrogens (tertiary/aromatic N) is 2. The van der Waals surface area contributed by atoms with Gasteiger partial charge in [-0.1, -0.05) is 18.2 Å². The number of piperazine rings is 1. The number of aromatic carboxylic acids is 1. The number of benzene rings is 2. The van der Waals surface area contributed by atoms with E-state index in [1.54, 1.807) is 23.1 Å². The van der Waals surface area contributed by atoms with E-state index < -0.39 is 23.6 Å². The van der Waals surface area contributed by atoms with Crippen molar-refractivity contribution in [2.24, 2.45) is 0 Å². The molecule has 1 heterocycles. The van der Waals surface area contributed by atoms with Gasteiger partial charge >= 0.3 is 12.1 Å². The van der Waals surface area contributed by atoms with Gasteiger partial charge in [0.2, 0.25) is 0 Å². The van der Waals surface area contributed by atoms with E-state index in [9.17, 15) is 27.9 Å². The molecule has 1 amide bonds. The van der Waals surface area contributed by atoms with Crippen LogP contribution in [0.3, 0.4) is 0 Å². The zero-order valence-corrected chi connectivity index (χ0v) is 14.2. The molecule has 0 aliphatic carbocycles. The summed E-state index contributed by atoms with van der Waals surface area (Å²) < 4.78 is 38.6. The lowest BCUT2D eigenvalue weighted by atomic mass is 10.1. The first-order chi connectivity index (χ1) is 12.8. The summed E-state index contributed by atoms with van der Waals surface area (Å²) in [4.78, 5) is 27.2. The number of rotatable bonds is 3. The van der Waals surface area contributed by atoms with E-state index in [1.165, 1.54) is 23.1 Å². The van der Waals surface area contributed by atoms with E-state index in [-0.39, 0.29) is 11.1 Å². The highest BCUT2D eigenvalue weighted by Crippen LogP contribution is 2.32. The van der Waals surface area contributed by atoms with E-state index in [1.807, 2.05) is 0 Å². The van der Waals surface area contributed by atoms with Crippen molar-refractivity contribution in [3.8, 4) is 0 Å². The van der Waals surface area contributed by atoms with Gasteiger partial charge in [0.05, 0.1) is 16.7 Å². The summed E-state index contributed by atoms with van der Waals surface area (Å²) in [7, 11) is 0. The molecule has 5 nitrogen and oxygen atoms in total. The van der Waals surface area contributed by atoms with E-state index in [2.05, 4.69) is 0 Å². The minimum atomic E-state index is -4.41. The number of carboxylic acids is 1. The number of alkyl halides is 3. The molecule has 1 aliphatic heterocycles. The second kappa shape index (κ2) is 7.30. The van der Waals surface area contributed by atoms with Gasteiger partial charge in [-0.3, -0.25) is 4.79 Å². The summed E-state index contributed by atoms with van der Waals surface area (Å²) in [6.45, 7) is 1.32. The molecule has 1 saturated heterocycles. The largest absolute Gasteiger partial charge is 0.478 e. The van der Waals surface area contributed by atoms with Gasteiger partial charge in [-0.2, -0.15) is 13.2 Å². The molecule has 0 aromatic heterocycles. The van der Waals surface area contributed by atoms with E-state index in [0.29, 0.717) is 31.9 Å². The first-order valence-corrected chi connectivity index (χ1v) is 8.31. The normalized spacial score (nSPS) is 14.9. The SMILES string of the molecule is O=C(O)c1ccccc1C(=O)N1CCN(c2cccc(C(F)(F)F)c2)CC1. The first kappa shape index (κ1) is 18.8. The average molecular weight is 378 g/mol. The van der Waals surface area contributed by atoms with Crippen LogP contribution >= 0.6 is 0 Å². The average Bonchev–Trinajstić information content (AvgIpc) is 2.67. The summed E-state index contributed by atoms with van der Waals surface area (Å²) in [5, 5.41) is 9.22. The first-order valence-electron chi connectivity index (χ1n) is 8.31. The van der Waals surface area contributed by atoms with Crippen molar-refractivity contribution in [3.63, 3.8) is 0 Å². The Morgan fingerprint density at radius 1 is 0.889 bits per heavy atom. The Balaban J connectivity index is 1.71. The predicted molar refractivity (Wildman–Crippen MR) is 93.0 cm³/mol. The van der Waals surface area contributed by atoms with Gasteiger partial charge in [-0.25, -0.2) is 4.79 Å². The van der Waals surface area contributed by atoms with Gasteiger partial charge in [0.25, 0.3) is 5.91 Å². The Bertz CT molecular complexity index is 859. The molecular weight excluding hydrogens is 361 g/mol. The van der Waals surface area contributed by atoms with Crippen molar-refractivity contribution in [2.45, 2.75) is 6.18 Å². The van der Waals surface area contributed by atoms with Crippen LogP contribution in [0.4, 0.5) is 18.9 Å². The number of carbonyl (C=O) groups is 2. The van der Waals surface area contributed by atoms with Crippen LogP contribution in [0, 0.1) is 0 Å². The number of halogens is 3. The molecule has 0 radical (unpaired) electrons. The number of hydrogen-bond acceptors (Lipinski definition) is 3. The third-order valence-electron chi connectivity index (χ3n) is 4.49. The van der Waals surface area contributed by atoms with Gasteiger partial charge in [0.1, 0.15) is 0 Å². The summed E-state index contributed by atoms with van der Waals surface area (Å²) >= 11 is 0. The maximum Gasteiger partial charge on any atom is 0.416 e. The molecule has 8 heteroatoms. The van der Waals surface area contributed by atoms with E-state index in [4.69, 9.17) is 0 Å². The van der Waals surface area contributed by atoms with Gasteiger partial charge in [-0.15, -0.1) is 0 Å². The molecule has 1 fully saturated rings. The minimum absolute atomic E-state index is 0.0668. The Morgan fingerprint density at radius 3 is 2.11 bits per heavy atom. The lowest BCUT2D eigenvalue weighted by molar-refractivity contribution is -0.137. The lowest BCUT2D eigenvalue weighted by Gasteiger charge is -2.36. The molecule has 0 atom stereocenters. The van der Waals surface area contributed by atoms with Crippen molar-refractivity contribution in [1.82, 2.24) is 4.90 Å². The third-order valence-corrected chi connectivity index (χ3v) is 4.49. The second-order valence-corrected chi connectivity index (χ2v) is 6.18. The number of hydrogen-bond donors (Lipinski definition) is 1. The van der Waals surface area contributed by atoms with E-state index in [0.717, 1.165) is 12.1 Å². The number of anilines is 1. The predicted octanol–water partition coefficient (Wildman–Crippen LogP) is 3.37. The Hall–Kier alpha value is -3.03. The molecular formula is C19H17F3N2O3. The van der Waals surface area contributed by atoms with Crippen molar-refractivity contribution in [1.29, 1.82) is 0 Å². The van der Waals surface area contributed by atoms with Crippen LogP contribution in [0.5, 0.6) is 0 Å². The van der Waals surface area contributed by atoms with Crippen LogP contribution < -0.4 is 4.90 Å². The van der Waals surface area contributed by atoms with Crippen molar-refractivity contribution >= 4 is 17.6 Å². The lowest BCUT2D eigenvalue weighted by Crippen LogP contribution is -2.49. The Labute approximate surface area is 153 Å². The highest BCUT2D eigenvalue weighted by molar-refractivity contribution is 6.04. The summed E-state index contributed by atoms with van der Waals surface area (Å²) in [6.07, 6.45) is -4.41. The fourth-order valence-corrected chi connectivity index (χ4v) is 3.07. The minimum Gasteiger partial charge on any atom is -0.478 e. The van der Waals surface area contributed by atoms with Crippen LogP contribution in [0.25, 0.3) is 0 Å². The standard InChI is InChI=1S/C19H17F3N2O3/c20-19(21,22)13-4-3-5-14(12-13)23-8-10-24(11-9-23)17(25)15-6-1-2-7-16(15)18(26)27/h1-7,12H,8-11H2,(H,26,27). The molecule has 3 rings (SSSR count). The van der Waals surface area contributed by atoms with Gasteiger partial charge in [-0.05, 0) is 30.3 Å². The molecule has 2 aromatic rings. The molecule has 27 heavy (non-hydrogen) atoms. The highest BCUT2D eigenvalue weighted by atomic mass is 19.4. The van der Waals surface area contributed by atoms with Crippen molar-refractivity contribution in [2.75, 3.05) is 31.1 Å². The van der Waals surface area contributed by atoms with Crippen LogP contribution in [-0.4, -0.2) is 48.1 Å². The number of amides is 1. The van der Waals surface area contributed by atoms with Gasteiger partial charge in [0.15, 0.2) is 0 Å². The molecule has 142 valence electrons. The maximum absolute atomic E-state index is 12.9. The molecule has 0 spiro atoms. The van der Waals surface area contributed by atoms with Crippen LogP contribution in [0.2, 0.25) is 0 Å². The molecule has 0 bridgehead atoms. The van der Waals surface area contributed by atoms with Crippen LogP contribution in [0.15, 0.2) is 48.5 Å². The fourth-order valence-electron chi connectivity index (χ4n) is 3.07. The Morgan fingerprint density at radius 2 is 1.52 bits per heavy atom. The topological polar surface area (TPSA) is 60.9 Å². The Kier molecular flexibility index (Phi) is 5.07. The zero-order valence-electron chi connectivity index (χ0n) is 14.2. The van der Waals surface area contributed by atoms with Crippen LogP contribution in [0.1, 0.15) is 26.3 Å². The van der Waals surface area contributed by atoms with Crippen LogP contribution in [-0.2, 0) is 6.18 Å². The van der Waals surface area contributed by atoms with Gasteiger partial charge < -0.3 is 14.9 Å². The fraction of sp³-hybridized carbons (Fsp3) is 0.263. The summed E-state index contributed by atoms with van der Waals surface area (Å²) in [5.74, 6) is -1.57. The third kappa shape index (κ3) is 4.05.